The Balaban J connectivity index is 3.37. The van der Waals surface area contributed by atoms with Crippen LogP contribution in [0.2, 0.25) is 0 Å². The molecule has 0 saturated carbocycles. The number of carbonyl (C=O) groups excluding carboxylic acids is 2. The van der Waals surface area contributed by atoms with Crippen LogP contribution in [-0.4, -0.2) is 18.4 Å². The molecule has 0 aliphatic rings. The van der Waals surface area contributed by atoms with Gasteiger partial charge in [0.25, 0.3) is 0 Å². The minimum atomic E-state index is -0.343. The highest BCUT2D eigenvalue weighted by molar-refractivity contribution is 5.66. The summed E-state index contributed by atoms with van der Waals surface area (Å²) >= 11 is 0. The molecule has 0 spiro atoms. The predicted molar refractivity (Wildman–Crippen MR) is 31.9 cm³/mol. The first-order chi connectivity index (χ1) is 4.16. The van der Waals surface area contributed by atoms with Gasteiger partial charge in [0.15, 0.2) is 0 Å². The molecule has 0 aromatic rings. The Morgan fingerprint density at radius 2 is 2.33 bits per heavy atom. The van der Waals surface area contributed by atoms with Gasteiger partial charge in [-0.25, -0.2) is 0 Å². The fraction of sp³-hybridized carbons (Fsp3) is 0.667. The van der Waals surface area contributed by atoms with Gasteiger partial charge < -0.3 is 9.53 Å². The van der Waals surface area contributed by atoms with Crippen LogP contribution in [0.1, 0.15) is 20.3 Å². The molecule has 0 N–H and O–H groups in total. The van der Waals surface area contributed by atoms with E-state index in [4.69, 9.17) is 0 Å². The first kappa shape index (κ1) is 8.14. The Bertz CT molecular complexity index is 109. The van der Waals surface area contributed by atoms with E-state index in [0.717, 1.165) is 6.29 Å². The number of rotatable bonds is 3. The van der Waals surface area contributed by atoms with Gasteiger partial charge in [-0.15, -0.1) is 0 Å². The fourth-order valence-corrected chi connectivity index (χ4v) is 0.467. The van der Waals surface area contributed by atoms with Gasteiger partial charge in [-0.3, -0.25) is 4.79 Å². The maximum Gasteiger partial charge on any atom is 0.302 e. The van der Waals surface area contributed by atoms with Crippen molar-refractivity contribution in [2.45, 2.75) is 26.4 Å². The zero-order chi connectivity index (χ0) is 7.28. The van der Waals surface area contributed by atoms with Gasteiger partial charge in [-0.05, 0) is 6.92 Å². The molecule has 0 amide bonds. The van der Waals surface area contributed by atoms with E-state index < -0.39 is 0 Å². The third-order valence-electron chi connectivity index (χ3n) is 0.795. The van der Waals surface area contributed by atoms with E-state index in [9.17, 15) is 9.59 Å². The minimum Gasteiger partial charge on any atom is -0.462 e. The van der Waals surface area contributed by atoms with Crippen LogP contribution in [0.4, 0.5) is 0 Å². The number of hydrogen-bond acceptors (Lipinski definition) is 3. The Kier molecular flexibility index (Phi) is 3.67. The van der Waals surface area contributed by atoms with Crippen molar-refractivity contribution in [3.63, 3.8) is 0 Å². The summed E-state index contributed by atoms with van der Waals surface area (Å²) < 4.78 is 4.62. The summed E-state index contributed by atoms with van der Waals surface area (Å²) in [4.78, 5) is 20.0. The smallest absolute Gasteiger partial charge is 0.302 e. The Morgan fingerprint density at radius 3 is 2.67 bits per heavy atom. The Hall–Kier alpha value is -0.860. The van der Waals surface area contributed by atoms with Crippen molar-refractivity contribution in [1.82, 2.24) is 0 Å². The van der Waals surface area contributed by atoms with E-state index in [0.29, 0.717) is 0 Å². The normalized spacial score (nSPS) is 12.2. The second kappa shape index (κ2) is 4.06. The lowest BCUT2D eigenvalue weighted by atomic mass is 10.3. The van der Waals surface area contributed by atoms with Gasteiger partial charge >= 0.3 is 5.97 Å². The molecule has 0 heterocycles. The standard InChI is InChI=1S/C6H10O3/c1-5(3-4-7)9-6(2)8/h4-5H,3H2,1-2H3. The maximum absolute atomic E-state index is 10.2. The molecule has 52 valence electrons. The molecule has 1 atom stereocenters. The summed E-state index contributed by atoms with van der Waals surface area (Å²) in [6.45, 7) is 3.00. The van der Waals surface area contributed by atoms with Crippen molar-refractivity contribution in [3.8, 4) is 0 Å². The highest BCUT2D eigenvalue weighted by Crippen LogP contribution is 1.93. The van der Waals surface area contributed by atoms with Crippen LogP contribution in [-0.2, 0) is 14.3 Å². The van der Waals surface area contributed by atoms with Crippen molar-refractivity contribution >= 4 is 12.3 Å². The van der Waals surface area contributed by atoms with Crippen LogP contribution in [0.15, 0.2) is 0 Å². The average Bonchev–Trinajstić information content (AvgIpc) is 1.63. The lowest BCUT2D eigenvalue weighted by Crippen LogP contribution is -2.11. The van der Waals surface area contributed by atoms with Crippen molar-refractivity contribution in [1.29, 1.82) is 0 Å². The third kappa shape index (κ3) is 5.00. The van der Waals surface area contributed by atoms with E-state index in [1.54, 1.807) is 6.92 Å². The lowest BCUT2D eigenvalue weighted by Gasteiger charge is -2.05. The minimum absolute atomic E-state index is 0.277. The SMILES string of the molecule is CC(=O)OC(C)CC=O. The highest BCUT2D eigenvalue weighted by Gasteiger charge is 2.02. The van der Waals surface area contributed by atoms with Crippen LogP contribution in [0.5, 0.6) is 0 Å². The van der Waals surface area contributed by atoms with E-state index in [1.165, 1.54) is 6.92 Å². The summed E-state index contributed by atoms with van der Waals surface area (Å²) in [5, 5.41) is 0. The van der Waals surface area contributed by atoms with Gasteiger partial charge in [-0.2, -0.15) is 0 Å². The van der Waals surface area contributed by atoms with Crippen molar-refractivity contribution in [3.05, 3.63) is 0 Å². The molecule has 3 heteroatoms. The van der Waals surface area contributed by atoms with E-state index in [-0.39, 0.29) is 18.5 Å². The number of ether oxygens (including phenoxy) is 1. The largest absolute Gasteiger partial charge is 0.462 e. The molecule has 0 aliphatic heterocycles. The number of esters is 1. The molecule has 0 radical (unpaired) electrons. The summed E-state index contributed by atoms with van der Waals surface area (Å²) in [5.41, 5.74) is 0. The van der Waals surface area contributed by atoms with E-state index in [2.05, 4.69) is 4.74 Å². The maximum atomic E-state index is 10.2. The van der Waals surface area contributed by atoms with Crippen LogP contribution >= 0.6 is 0 Å². The first-order valence-corrected chi connectivity index (χ1v) is 2.77. The highest BCUT2D eigenvalue weighted by atomic mass is 16.5. The monoisotopic (exact) mass is 130 g/mol. The Labute approximate surface area is 54.0 Å². The molecule has 1 unspecified atom stereocenters. The lowest BCUT2D eigenvalue weighted by molar-refractivity contribution is -0.145. The van der Waals surface area contributed by atoms with Gasteiger partial charge in [0, 0.05) is 13.3 Å². The van der Waals surface area contributed by atoms with Crippen LogP contribution in [0, 0.1) is 0 Å². The molecule has 3 nitrogen and oxygen atoms in total. The van der Waals surface area contributed by atoms with Gasteiger partial charge in [-0.1, -0.05) is 0 Å². The van der Waals surface area contributed by atoms with E-state index >= 15 is 0 Å². The fourth-order valence-electron chi connectivity index (χ4n) is 0.467. The zero-order valence-electron chi connectivity index (χ0n) is 5.59. The molecule has 0 fully saturated rings. The van der Waals surface area contributed by atoms with Crippen LogP contribution in [0.3, 0.4) is 0 Å². The summed E-state index contributed by atoms with van der Waals surface area (Å²) in [5.74, 6) is -0.343. The second-order valence-electron chi connectivity index (χ2n) is 1.82. The second-order valence-corrected chi connectivity index (χ2v) is 1.82. The number of carbonyl (C=O) groups is 2. The van der Waals surface area contributed by atoms with Gasteiger partial charge in [0.05, 0.1) is 0 Å². The van der Waals surface area contributed by atoms with Crippen LogP contribution in [0.25, 0.3) is 0 Å². The summed E-state index contributed by atoms with van der Waals surface area (Å²) in [6, 6.07) is 0. The topological polar surface area (TPSA) is 43.4 Å². The molecular formula is C6H10O3. The molecule has 9 heavy (non-hydrogen) atoms. The van der Waals surface area contributed by atoms with Gasteiger partial charge in [0.1, 0.15) is 12.4 Å². The third-order valence-corrected chi connectivity index (χ3v) is 0.795. The van der Waals surface area contributed by atoms with Crippen molar-refractivity contribution in [2.75, 3.05) is 0 Å². The van der Waals surface area contributed by atoms with Gasteiger partial charge in [0.2, 0.25) is 0 Å². The molecule has 0 saturated heterocycles. The van der Waals surface area contributed by atoms with Crippen molar-refractivity contribution < 1.29 is 14.3 Å². The predicted octanol–water partition coefficient (Wildman–Crippen LogP) is 0.527. The zero-order valence-corrected chi connectivity index (χ0v) is 5.59. The number of aldehydes is 1. The quantitative estimate of drug-likeness (QED) is 0.413. The van der Waals surface area contributed by atoms with Crippen LogP contribution < -0.4 is 0 Å². The van der Waals surface area contributed by atoms with E-state index in [1.807, 2.05) is 0 Å². The molecule has 0 aromatic heterocycles. The first-order valence-electron chi connectivity index (χ1n) is 2.77. The summed E-state index contributed by atoms with van der Waals surface area (Å²) in [7, 11) is 0. The molecule has 0 aromatic carbocycles. The average molecular weight is 130 g/mol. The molecule has 0 aliphatic carbocycles. The molecular weight excluding hydrogens is 120 g/mol. The number of hydrogen-bond donors (Lipinski definition) is 0. The molecule has 0 rings (SSSR count). The van der Waals surface area contributed by atoms with Crippen molar-refractivity contribution in [2.24, 2.45) is 0 Å². The molecule has 0 bridgehead atoms. The Morgan fingerprint density at radius 1 is 1.78 bits per heavy atom. The summed E-state index contributed by atoms with van der Waals surface area (Å²) in [6.07, 6.45) is 0.729.